The molecule has 1 N–H and O–H groups in total. The number of likely N-dealkylation sites (N-methyl/N-ethyl adjacent to an activating group) is 1. The first kappa shape index (κ1) is 13.8. The summed E-state index contributed by atoms with van der Waals surface area (Å²) in [4.78, 5) is 16.2. The maximum atomic E-state index is 11.6. The van der Waals surface area contributed by atoms with E-state index in [0.717, 1.165) is 45.3 Å². The highest BCUT2D eigenvalue weighted by Crippen LogP contribution is 2.40. The van der Waals surface area contributed by atoms with Gasteiger partial charge in [-0.2, -0.15) is 0 Å². The van der Waals surface area contributed by atoms with Gasteiger partial charge in [0.25, 0.3) is 0 Å². The van der Waals surface area contributed by atoms with Crippen LogP contribution in [0.1, 0.15) is 32.6 Å². The van der Waals surface area contributed by atoms with Gasteiger partial charge in [-0.3, -0.25) is 4.79 Å². The lowest BCUT2D eigenvalue weighted by Crippen LogP contribution is -2.41. The molecule has 0 amide bonds. The van der Waals surface area contributed by atoms with Crippen LogP contribution in [0.5, 0.6) is 0 Å². The maximum absolute atomic E-state index is 11.6. The van der Waals surface area contributed by atoms with Crippen molar-refractivity contribution in [1.82, 2.24) is 9.80 Å². The summed E-state index contributed by atoms with van der Waals surface area (Å²) in [5, 5.41) is 9.53. The number of carboxylic acids is 1. The van der Waals surface area contributed by atoms with Gasteiger partial charge in [-0.25, -0.2) is 0 Å². The highest BCUT2D eigenvalue weighted by Gasteiger charge is 2.44. The van der Waals surface area contributed by atoms with Crippen molar-refractivity contribution in [3.8, 4) is 0 Å². The quantitative estimate of drug-likeness (QED) is 0.826. The van der Waals surface area contributed by atoms with Gasteiger partial charge in [-0.15, -0.1) is 0 Å². The number of carboxylic acid groups (broad SMARTS) is 1. The zero-order valence-corrected chi connectivity index (χ0v) is 11.9. The van der Waals surface area contributed by atoms with Crippen molar-refractivity contribution in [1.29, 1.82) is 0 Å². The van der Waals surface area contributed by atoms with Crippen LogP contribution in [0.3, 0.4) is 0 Å². The molecule has 4 heteroatoms. The van der Waals surface area contributed by atoms with E-state index in [0.29, 0.717) is 12.0 Å². The molecule has 4 nitrogen and oxygen atoms in total. The van der Waals surface area contributed by atoms with Crippen LogP contribution in [-0.4, -0.2) is 60.6 Å². The van der Waals surface area contributed by atoms with E-state index in [2.05, 4.69) is 30.8 Å². The average Bonchev–Trinajstić information content (AvgIpc) is 2.86. The minimum absolute atomic E-state index is 0.457. The number of rotatable bonds is 4. The van der Waals surface area contributed by atoms with E-state index in [-0.39, 0.29) is 0 Å². The number of hydrogen-bond acceptors (Lipinski definition) is 3. The van der Waals surface area contributed by atoms with Crippen molar-refractivity contribution in [3.63, 3.8) is 0 Å². The second-order valence-electron chi connectivity index (χ2n) is 6.49. The highest BCUT2D eigenvalue weighted by molar-refractivity contribution is 5.75. The van der Waals surface area contributed by atoms with Crippen LogP contribution < -0.4 is 0 Å². The highest BCUT2D eigenvalue weighted by atomic mass is 16.4. The third kappa shape index (κ3) is 2.54. The molecule has 2 rings (SSSR count). The molecule has 0 spiro atoms. The predicted molar refractivity (Wildman–Crippen MR) is 71.6 cm³/mol. The Balaban J connectivity index is 2.00. The molecule has 0 bridgehead atoms. The molecule has 0 radical (unpaired) electrons. The predicted octanol–water partition coefficient (Wildman–Crippen LogP) is 1.51. The fourth-order valence-electron chi connectivity index (χ4n) is 3.77. The van der Waals surface area contributed by atoms with Crippen molar-refractivity contribution in [3.05, 3.63) is 0 Å². The Kier molecular flexibility index (Phi) is 3.97. The fourth-order valence-corrected chi connectivity index (χ4v) is 3.77. The molecule has 18 heavy (non-hydrogen) atoms. The van der Waals surface area contributed by atoms with E-state index >= 15 is 0 Å². The second-order valence-corrected chi connectivity index (χ2v) is 6.49. The third-order valence-corrected chi connectivity index (χ3v) is 4.85. The molecule has 0 aromatic rings. The van der Waals surface area contributed by atoms with Gasteiger partial charge < -0.3 is 14.9 Å². The summed E-state index contributed by atoms with van der Waals surface area (Å²) < 4.78 is 0. The van der Waals surface area contributed by atoms with Gasteiger partial charge in [0, 0.05) is 25.7 Å². The summed E-state index contributed by atoms with van der Waals surface area (Å²) in [6.07, 6.45) is 3.87. The topological polar surface area (TPSA) is 43.8 Å². The van der Waals surface area contributed by atoms with Gasteiger partial charge in [0.2, 0.25) is 0 Å². The molecule has 2 fully saturated rings. The fraction of sp³-hybridized carbons (Fsp3) is 0.929. The van der Waals surface area contributed by atoms with E-state index in [1.54, 1.807) is 0 Å². The Labute approximate surface area is 110 Å². The molecular weight excluding hydrogens is 228 g/mol. The number of aliphatic carboxylic acids is 1. The lowest BCUT2D eigenvalue weighted by molar-refractivity contribution is -0.149. The SMILES string of the molecule is CC1CN(CC2(C(=O)O)CCCC2)CC1N(C)C. The molecule has 1 heterocycles. The van der Waals surface area contributed by atoms with Crippen molar-refractivity contribution in [2.24, 2.45) is 11.3 Å². The van der Waals surface area contributed by atoms with Crippen LogP contribution >= 0.6 is 0 Å². The normalized spacial score (nSPS) is 32.2. The van der Waals surface area contributed by atoms with E-state index in [4.69, 9.17) is 0 Å². The van der Waals surface area contributed by atoms with Crippen LogP contribution in [0.2, 0.25) is 0 Å². The molecule has 1 saturated heterocycles. The van der Waals surface area contributed by atoms with Crippen molar-refractivity contribution >= 4 is 5.97 Å². The Morgan fingerprint density at radius 2 is 1.94 bits per heavy atom. The largest absolute Gasteiger partial charge is 0.481 e. The summed E-state index contributed by atoms with van der Waals surface area (Å²) in [6, 6.07) is 0.567. The van der Waals surface area contributed by atoms with Crippen LogP contribution in [0.25, 0.3) is 0 Å². The van der Waals surface area contributed by atoms with Gasteiger partial charge in [0.1, 0.15) is 0 Å². The molecule has 0 aromatic carbocycles. The first-order valence-corrected chi connectivity index (χ1v) is 7.07. The minimum atomic E-state index is -0.582. The molecule has 2 atom stereocenters. The molecule has 2 aliphatic rings. The van der Waals surface area contributed by atoms with Crippen LogP contribution in [0.4, 0.5) is 0 Å². The van der Waals surface area contributed by atoms with Crippen LogP contribution in [0.15, 0.2) is 0 Å². The molecule has 1 aliphatic carbocycles. The minimum Gasteiger partial charge on any atom is -0.481 e. The zero-order valence-electron chi connectivity index (χ0n) is 11.9. The Morgan fingerprint density at radius 3 is 2.39 bits per heavy atom. The Bertz CT molecular complexity index is 311. The van der Waals surface area contributed by atoms with Gasteiger partial charge in [0.15, 0.2) is 0 Å². The van der Waals surface area contributed by atoms with E-state index < -0.39 is 11.4 Å². The maximum Gasteiger partial charge on any atom is 0.310 e. The molecule has 1 saturated carbocycles. The molecule has 0 aromatic heterocycles. The lowest BCUT2D eigenvalue weighted by atomic mass is 9.86. The molecule has 104 valence electrons. The molecule has 1 aliphatic heterocycles. The zero-order chi connectivity index (χ0) is 13.3. The summed E-state index contributed by atoms with van der Waals surface area (Å²) >= 11 is 0. The van der Waals surface area contributed by atoms with Crippen LogP contribution in [0, 0.1) is 11.3 Å². The first-order chi connectivity index (χ1) is 8.44. The average molecular weight is 254 g/mol. The number of hydrogen-bond donors (Lipinski definition) is 1. The van der Waals surface area contributed by atoms with Gasteiger partial charge in [-0.05, 0) is 32.9 Å². The van der Waals surface area contributed by atoms with E-state index in [1.807, 2.05) is 0 Å². The first-order valence-electron chi connectivity index (χ1n) is 7.07. The number of carbonyl (C=O) groups is 1. The van der Waals surface area contributed by atoms with Crippen molar-refractivity contribution < 1.29 is 9.90 Å². The van der Waals surface area contributed by atoms with E-state index in [1.165, 1.54) is 0 Å². The summed E-state index contributed by atoms with van der Waals surface area (Å²) in [5.41, 5.74) is -0.457. The third-order valence-electron chi connectivity index (χ3n) is 4.85. The summed E-state index contributed by atoms with van der Waals surface area (Å²) in [5.74, 6) is 0.0493. The van der Waals surface area contributed by atoms with Gasteiger partial charge >= 0.3 is 5.97 Å². The summed E-state index contributed by atoms with van der Waals surface area (Å²) in [7, 11) is 4.24. The Hall–Kier alpha value is -0.610. The number of likely N-dealkylation sites (tertiary alicyclic amines) is 1. The lowest BCUT2D eigenvalue weighted by Gasteiger charge is -2.30. The smallest absolute Gasteiger partial charge is 0.310 e. The second kappa shape index (κ2) is 5.17. The molecular formula is C14H26N2O2. The van der Waals surface area contributed by atoms with Gasteiger partial charge in [-0.1, -0.05) is 19.8 Å². The Morgan fingerprint density at radius 1 is 1.33 bits per heavy atom. The molecule has 2 unspecified atom stereocenters. The van der Waals surface area contributed by atoms with E-state index in [9.17, 15) is 9.90 Å². The monoisotopic (exact) mass is 254 g/mol. The van der Waals surface area contributed by atoms with Crippen molar-refractivity contribution in [2.45, 2.75) is 38.6 Å². The number of nitrogens with zero attached hydrogens (tertiary/aromatic N) is 2. The van der Waals surface area contributed by atoms with Gasteiger partial charge in [0.05, 0.1) is 5.41 Å². The van der Waals surface area contributed by atoms with Crippen LogP contribution in [-0.2, 0) is 4.79 Å². The summed E-state index contributed by atoms with van der Waals surface area (Å²) in [6.45, 7) is 5.07. The standard InChI is InChI=1S/C14H26N2O2/c1-11-8-16(9-12(11)15(2)3)10-14(13(17)18)6-4-5-7-14/h11-12H,4-10H2,1-3H3,(H,17,18). The van der Waals surface area contributed by atoms with Crippen molar-refractivity contribution in [2.75, 3.05) is 33.7 Å².